The standard InChI is InChI=1S/C27H23ClN4O3/c1-35-24-16-19(7-8-20(24)21-6-2-4-18-5-3-10-30-25(18)21)26(33)31-12-14-32(15-13-31)27(34)22-9-11-29-17-23(22)28/h2-11,16-17H,12-15H2,1H3. The van der Waals surface area contributed by atoms with Crippen molar-refractivity contribution >= 4 is 34.3 Å². The van der Waals surface area contributed by atoms with E-state index in [1.54, 1.807) is 41.4 Å². The Bertz CT molecular complexity index is 1410. The van der Waals surface area contributed by atoms with Crippen molar-refractivity contribution in [3.8, 4) is 16.9 Å². The summed E-state index contributed by atoms with van der Waals surface area (Å²) in [6.07, 6.45) is 4.77. The van der Waals surface area contributed by atoms with Crippen LogP contribution in [-0.4, -0.2) is 64.9 Å². The average Bonchev–Trinajstić information content (AvgIpc) is 2.92. The maximum Gasteiger partial charge on any atom is 0.255 e. The number of carbonyl (C=O) groups excluding carboxylic acids is 2. The molecule has 2 aromatic heterocycles. The van der Waals surface area contributed by atoms with E-state index in [0.29, 0.717) is 48.1 Å². The van der Waals surface area contributed by atoms with Crippen LogP contribution in [0.15, 0.2) is 73.2 Å². The second kappa shape index (κ2) is 9.72. The van der Waals surface area contributed by atoms with Crippen molar-refractivity contribution in [1.29, 1.82) is 0 Å². The number of hydrogen-bond acceptors (Lipinski definition) is 5. The molecule has 5 rings (SSSR count). The number of hydrogen-bond donors (Lipinski definition) is 0. The van der Waals surface area contributed by atoms with Crippen LogP contribution in [0.5, 0.6) is 5.75 Å². The molecule has 0 aliphatic carbocycles. The van der Waals surface area contributed by atoms with Gasteiger partial charge in [0.25, 0.3) is 11.8 Å². The summed E-state index contributed by atoms with van der Waals surface area (Å²) in [5.74, 6) is 0.356. The highest BCUT2D eigenvalue weighted by Crippen LogP contribution is 2.35. The zero-order valence-corrected chi connectivity index (χ0v) is 19.9. The Morgan fingerprint density at radius 2 is 1.63 bits per heavy atom. The van der Waals surface area contributed by atoms with Gasteiger partial charge in [0.2, 0.25) is 0 Å². The Balaban J connectivity index is 1.33. The molecule has 0 unspecified atom stereocenters. The number of rotatable bonds is 4. The molecule has 4 aromatic rings. The molecule has 176 valence electrons. The third-order valence-corrected chi connectivity index (χ3v) is 6.53. The number of methoxy groups -OCH3 is 1. The summed E-state index contributed by atoms with van der Waals surface area (Å²) in [7, 11) is 1.60. The summed E-state index contributed by atoms with van der Waals surface area (Å²) in [6, 6.07) is 17.0. The zero-order chi connectivity index (χ0) is 24.4. The molecule has 0 radical (unpaired) electrons. The molecule has 0 bridgehead atoms. The number of nitrogens with zero attached hydrogens (tertiary/aromatic N) is 4. The first kappa shape index (κ1) is 22.8. The van der Waals surface area contributed by atoms with Crippen LogP contribution in [0.25, 0.3) is 22.0 Å². The maximum absolute atomic E-state index is 13.3. The lowest BCUT2D eigenvalue weighted by Gasteiger charge is -2.35. The summed E-state index contributed by atoms with van der Waals surface area (Å²) in [5, 5.41) is 1.36. The van der Waals surface area contributed by atoms with Crippen LogP contribution < -0.4 is 4.74 Å². The molecule has 0 N–H and O–H groups in total. The Kier molecular flexibility index (Phi) is 6.33. The van der Waals surface area contributed by atoms with E-state index < -0.39 is 0 Å². The predicted molar refractivity (Wildman–Crippen MR) is 135 cm³/mol. The van der Waals surface area contributed by atoms with Crippen LogP contribution in [0.4, 0.5) is 0 Å². The fourth-order valence-electron chi connectivity index (χ4n) is 4.38. The molecule has 3 heterocycles. The highest BCUT2D eigenvalue weighted by molar-refractivity contribution is 6.33. The SMILES string of the molecule is COc1cc(C(=O)N2CCN(C(=O)c3ccncc3Cl)CC2)ccc1-c1cccc2cccnc12. The highest BCUT2D eigenvalue weighted by Gasteiger charge is 2.27. The Morgan fingerprint density at radius 1 is 0.886 bits per heavy atom. The van der Waals surface area contributed by atoms with E-state index in [-0.39, 0.29) is 11.8 Å². The smallest absolute Gasteiger partial charge is 0.255 e. The first-order chi connectivity index (χ1) is 17.1. The number of pyridine rings is 2. The predicted octanol–water partition coefficient (Wildman–Crippen LogP) is 4.56. The van der Waals surface area contributed by atoms with E-state index in [9.17, 15) is 9.59 Å². The van der Waals surface area contributed by atoms with Gasteiger partial charge in [-0.2, -0.15) is 0 Å². The van der Waals surface area contributed by atoms with Crippen molar-refractivity contribution in [1.82, 2.24) is 19.8 Å². The fourth-order valence-corrected chi connectivity index (χ4v) is 4.58. The molecule has 0 spiro atoms. The second-order valence-electron chi connectivity index (χ2n) is 8.24. The number of halogens is 1. The number of benzene rings is 2. The zero-order valence-electron chi connectivity index (χ0n) is 19.1. The van der Waals surface area contributed by atoms with Gasteiger partial charge in [-0.3, -0.25) is 19.6 Å². The normalized spacial score (nSPS) is 13.7. The second-order valence-corrected chi connectivity index (χ2v) is 8.64. The molecule has 1 saturated heterocycles. The van der Waals surface area contributed by atoms with Gasteiger partial charge < -0.3 is 14.5 Å². The van der Waals surface area contributed by atoms with Gasteiger partial charge in [-0.15, -0.1) is 0 Å². The molecule has 2 amide bonds. The van der Waals surface area contributed by atoms with Crippen molar-refractivity contribution < 1.29 is 14.3 Å². The number of para-hydroxylation sites is 1. The highest BCUT2D eigenvalue weighted by atomic mass is 35.5. The van der Waals surface area contributed by atoms with Gasteiger partial charge >= 0.3 is 0 Å². The summed E-state index contributed by atoms with van der Waals surface area (Å²) in [5.41, 5.74) is 3.65. The van der Waals surface area contributed by atoms with Gasteiger partial charge in [-0.1, -0.05) is 35.9 Å². The third-order valence-electron chi connectivity index (χ3n) is 6.23. The summed E-state index contributed by atoms with van der Waals surface area (Å²) >= 11 is 6.12. The van der Waals surface area contributed by atoms with Crippen LogP contribution in [0.3, 0.4) is 0 Å². The quantitative estimate of drug-likeness (QED) is 0.423. The third kappa shape index (κ3) is 4.42. The largest absolute Gasteiger partial charge is 0.496 e. The minimum Gasteiger partial charge on any atom is -0.496 e. The number of ether oxygens (including phenoxy) is 1. The number of piperazine rings is 1. The van der Waals surface area contributed by atoms with Gasteiger partial charge in [0.1, 0.15) is 5.75 Å². The van der Waals surface area contributed by atoms with Gasteiger partial charge in [0.05, 0.1) is 23.2 Å². The molecular formula is C27H23ClN4O3. The van der Waals surface area contributed by atoms with E-state index in [2.05, 4.69) is 9.97 Å². The maximum atomic E-state index is 13.3. The van der Waals surface area contributed by atoms with Crippen LogP contribution in [0, 0.1) is 0 Å². The summed E-state index contributed by atoms with van der Waals surface area (Å²) in [4.78, 5) is 38.0. The van der Waals surface area contributed by atoms with Crippen LogP contribution in [-0.2, 0) is 0 Å². The lowest BCUT2D eigenvalue weighted by atomic mass is 9.99. The summed E-state index contributed by atoms with van der Waals surface area (Å²) < 4.78 is 5.67. The molecule has 1 fully saturated rings. The molecule has 35 heavy (non-hydrogen) atoms. The number of fused-ring (bicyclic) bond motifs is 1. The first-order valence-corrected chi connectivity index (χ1v) is 11.6. The van der Waals surface area contributed by atoms with Crippen molar-refractivity contribution in [2.75, 3.05) is 33.3 Å². The van der Waals surface area contributed by atoms with Gasteiger partial charge in [-0.25, -0.2) is 0 Å². The molecule has 0 saturated carbocycles. The van der Waals surface area contributed by atoms with Crippen LogP contribution in [0.2, 0.25) is 5.02 Å². The van der Waals surface area contributed by atoms with E-state index in [4.69, 9.17) is 16.3 Å². The van der Waals surface area contributed by atoms with Crippen LogP contribution >= 0.6 is 11.6 Å². The van der Waals surface area contributed by atoms with E-state index >= 15 is 0 Å². The summed E-state index contributed by atoms with van der Waals surface area (Å²) in [6.45, 7) is 1.73. The van der Waals surface area contributed by atoms with Gasteiger partial charge in [0, 0.05) is 66.8 Å². The molecule has 0 atom stereocenters. The Hall–Kier alpha value is -3.97. The monoisotopic (exact) mass is 486 g/mol. The van der Waals surface area contributed by atoms with Crippen molar-refractivity contribution in [2.24, 2.45) is 0 Å². The molecule has 8 heteroatoms. The fraction of sp³-hybridized carbons (Fsp3) is 0.185. The first-order valence-electron chi connectivity index (χ1n) is 11.3. The number of amides is 2. The molecule has 1 aliphatic rings. The molecule has 7 nitrogen and oxygen atoms in total. The van der Waals surface area contributed by atoms with Crippen LogP contribution in [0.1, 0.15) is 20.7 Å². The minimum absolute atomic E-state index is 0.0973. The van der Waals surface area contributed by atoms with Crippen molar-refractivity contribution in [3.05, 3.63) is 89.3 Å². The van der Waals surface area contributed by atoms with Gasteiger partial charge in [0.15, 0.2) is 0 Å². The Morgan fingerprint density at radius 3 is 2.37 bits per heavy atom. The lowest BCUT2D eigenvalue weighted by molar-refractivity contribution is 0.0535. The molecule has 2 aromatic carbocycles. The average molecular weight is 487 g/mol. The van der Waals surface area contributed by atoms with Crippen molar-refractivity contribution in [2.45, 2.75) is 0 Å². The van der Waals surface area contributed by atoms with Crippen molar-refractivity contribution in [3.63, 3.8) is 0 Å². The van der Waals surface area contributed by atoms with E-state index in [0.717, 1.165) is 22.0 Å². The lowest BCUT2D eigenvalue weighted by Crippen LogP contribution is -2.50. The minimum atomic E-state index is -0.154. The van der Waals surface area contributed by atoms with Gasteiger partial charge in [-0.05, 0) is 30.3 Å². The number of aromatic nitrogens is 2. The molecular weight excluding hydrogens is 464 g/mol. The molecule has 1 aliphatic heterocycles. The number of carbonyl (C=O) groups is 2. The van der Waals surface area contributed by atoms with E-state index in [1.165, 1.54) is 6.20 Å². The Labute approximate surface area is 207 Å². The topological polar surface area (TPSA) is 75.6 Å². The van der Waals surface area contributed by atoms with E-state index in [1.807, 2.05) is 42.5 Å².